The predicted octanol–water partition coefficient (Wildman–Crippen LogP) is 3.42. The van der Waals surface area contributed by atoms with Crippen molar-refractivity contribution in [3.8, 4) is 11.3 Å². The van der Waals surface area contributed by atoms with Crippen molar-refractivity contribution in [1.82, 2.24) is 20.3 Å². The summed E-state index contributed by atoms with van der Waals surface area (Å²) in [6, 6.07) is 0.972. The lowest BCUT2D eigenvalue weighted by atomic mass is 10.1. The molecule has 0 spiro atoms. The summed E-state index contributed by atoms with van der Waals surface area (Å²) in [5, 5.41) is 3.32. The monoisotopic (exact) mass is 353 g/mol. The maximum Gasteiger partial charge on any atom is 0.419 e. The number of nitrogen functional groups attached to an aromatic ring is 1. The number of nitrogens with one attached hydrogen (secondary N) is 2. The van der Waals surface area contributed by atoms with Gasteiger partial charge in [0.15, 0.2) is 0 Å². The molecule has 1 unspecified atom stereocenters. The van der Waals surface area contributed by atoms with Gasteiger partial charge in [-0.1, -0.05) is 13.8 Å². The fourth-order valence-electron chi connectivity index (χ4n) is 2.89. The van der Waals surface area contributed by atoms with E-state index in [0.717, 1.165) is 17.9 Å². The number of piperidine rings is 1. The Balaban J connectivity index is 0.000000250. The average molecular weight is 353 g/mol. The number of aromatic amines is 1. The van der Waals surface area contributed by atoms with Gasteiger partial charge in [-0.3, -0.25) is 0 Å². The highest BCUT2D eigenvalue weighted by molar-refractivity contribution is 5.61. The Morgan fingerprint density at radius 2 is 1.84 bits per heavy atom. The highest BCUT2D eigenvalue weighted by Gasteiger charge is 2.40. The van der Waals surface area contributed by atoms with Crippen molar-refractivity contribution in [2.45, 2.75) is 32.4 Å². The van der Waals surface area contributed by atoms with Crippen LogP contribution in [0.5, 0.6) is 0 Å². The third-order valence-electron chi connectivity index (χ3n) is 4.56. The van der Waals surface area contributed by atoms with Gasteiger partial charge in [0, 0.05) is 17.7 Å². The Morgan fingerprint density at radius 1 is 1.16 bits per heavy atom. The smallest absolute Gasteiger partial charge is 0.383 e. The van der Waals surface area contributed by atoms with Crippen LogP contribution in [0.3, 0.4) is 0 Å². The molecule has 0 bridgehead atoms. The molecule has 4 rings (SSSR count). The highest BCUT2D eigenvalue weighted by atomic mass is 19.4. The second kappa shape index (κ2) is 6.67. The summed E-state index contributed by atoms with van der Waals surface area (Å²) < 4.78 is 38.2. The summed E-state index contributed by atoms with van der Waals surface area (Å²) in [7, 11) is 0. The molecule has 4 N–H and O–H groups in total. The van der Waals surface area contributed by atoms with Crippen LogP contribution >= 0.6 is 0 Å². The van der Waals surface area contributed by atoms with Crippen LogP contribution in [-0.2, 0) is 6.18 Å². The topological polar surface area (TPSA) is 79.6 Å². The number of imidazole rings is 1. The summed E-state index contributed by atoms with van der Waals surface area (Å²) in [5.74, 6) is 2.55. The van der Waals surface area contributed by atoms with E-state index in [2.05, 4.69) is 20.3 Å². The lowest BCUT2D eigenvalue weighted by molar-refractivity contribution is -0.137. The quantitative estimate of drug-likeness (QED) is 0.773. The molecule has 1 aliphatic carbocycles. The van der Waals surface area contributed by atoms with Crippen LogP contribution in [-0.4, -0.2) is 28.0 Å². The molecule has 3 heterocycles. The van der Waals surface area contributed by atoms with Gasteiger partial charge in [0.2, 0.25) is 0 Å². The number of rotatable bonds is 2. The Morgan fingerprint density at radius 3 is 2.28 bits per heavy atom. The first kappa shape index (κ1) is 17.7. The molecule has 5 nitrogen and oxygen atoms in total. The van der Waals surface area contributed by atoms with Crippen molar-refractivity contribution in [2.24, 2.45) is 11.8 Å². The first-order chi connectivity index (χ1) is 11.8. The Labute approximate surface area is 144 Å². The molecule has 2 fully saturated rings. The molecule has 0 amide bonds. The molecule has 1 saturated carbocycles. The highest BCUT2D eigenvalue weighted by Crippen LogP contribution is 2.40. The summed E-state index contributed by atoms with van der Waals surface area (Å²) in [6.45, 7) is 6.49. The number of pyridine rings is 1. The van der Waals surface area contributed by atoms with Crippen molar-refractivity contribution in [3.63, 3.8) is 0 Å². The molecule has 0 aromatic carbocycles. The van der Waals surface area contributed by atoms with Gasteiger partial charge >= 0.3 is 6.18 Å². The first-order valence-corrected chi connectivity index (χ1v) is 8.34. The third-order valence-corrected chi connectivity index (χ3v) is 4.56. The van der Waals surface area contributed by atoms with Gasteiger partial charge in [-0.25, -0.2) is 9.97 Å². The SMILES string of the molecule is C1NC[C@H]2CC12.CC(C)c1ncc(-c2cnc(N)c(C(F)(F)F)c2)[nH]1. The lowest BCUT2D eigenvalue weighted by Crippen LogP contribution is -2.10. The van der Waals surface area contributed by atoms with Crippen molar-refractivity contribution in [1.29, 1.82) is 0 Å². The zero-order valence-corrected chi connectivity index (χ0v) is 14.2. The minimum atomic E-state index is -4.52. The number of hydrogen-bond donors (Lipinski definition) is 3. The fraction of sp³-hybridized carbons (Fsp3) is 0.529. The normalized spacial score (nSPS) is 21.7. The third kappa shape index (κ3) is 4.12. The van der Waals surface area contributed by atoms with Crippen LogP contribution in [0.1, 0.15) is 37.6 Å². The molecule has 8 heteroatoms. The number of nitrogens with two attached hydrogens (primary N) is 1. The first-order valence-electron chi connectivity index (χ1n) is 8.34. The van der Waals surface area contributed by atoms with Gasteiger partial charge in [-0.05, 0) is 37.4 Å². The number of H-pyrrole nitrogens is 1. The van der Waals surface area contributed by atoms with Crippen LogP contribution in [0.15, 0.2) is 18.5 Å². The number of halogens is 3. The summed E-state index contributed by atoms with van der Waals surface area (Å²) in [4.78, 5) is 10.7. The van der Waals surface area contributed by atoms with Crippen molar-refractivity contribution >= 4 is 5.82 Å². The van der Waals surface area contributed by atoms with Crippen molar-refractivity contribution < 1.29 is 13.2 Å². The van der Waals surface area contributed by atoms with E-state index in [1.165, 1.54) is 31.9 Å². The van der Waals surface area contributed by atoms with Crippen LogP contribution in [0.2, 0.25) is 0 Å². The fourth-order valence-corrected chi connectivity index (χ4v) is 2.89. The Kier molecular flexibility index (Phi) is 4.73. The van der Waals surface area contributed by atoms with Crippen LogP contribution in [0.25, 0.3) is 11.3 Å². The number of hydrogen-bond acceptors (Lipinski definition) is 4. The molecule has 2 aliphatic rings. The molecule has 136 valence electrons. The second-order valence-electron chi connectivity index (χ2n) is 6.91. The zero-order valence-electron chi connectivity index (χ0n) is 14.2. The summed E-state index contributed by atoms with van der Waals surface area (Å²) in [6.07, 6.45) is -0.216. The van der Waals surface area contributed by atoms with Gasteiger partial charge in [-0.2, -0.15) is 13.2 Å². The van der Waals surface area contributed by atoms with Gasteiger partial charge in [0.25, 0.3) is 0 Å². The molecular weight excluding hydrogens is 331 g/mol. The van der Waals surface area contributed by atoms with Crippen LogP contribution < -0.4 is 11.1 Å². The van der Waals surface area contributed by atoms with E-state index < -0.39 is 17.6 Å². The van der Waals surface area contributed by atoms with Crippen LogP contribution in [0.4, 0.5) is 19.0 Å². The average Bonchev–Trinajstić information content (AvgIpc) is 2.97. The molecule has 2 aromatic rings. The molecule has 1 saturated heterocycles. The van der Waals surface area contributed by atoms with Gasteiger partial charge in [0.1, 0.15) is 11.6 Å². The van der Waals surface area contributed by atoms with Crippen molar-refractivity contribution in [3.05, 3.63) is 29.8 Å². The van der Waals surface area contributed by atoms with Gasteiger partial charge in [-0.15, -0.1) is 0 Å². The molecule has 0 radical (unpaired) electrons. The number of anilines is 1. The largest absolute Gasteiger partial charge is 0.419 e. The number of fused-ring (bicyclic) bond motifs is 1. The van der Waals surface area contributed by atoms with E-state index in [0.29, 0.717) is 17.1 Å². The molecular formula is C17H22F3N5. The maximum absolute atomic E-state index is 12.7. The van der Waals surface area contributed by atoms with E-state index in [-0.39, 0.29) is 5.92 Å². The number of nitrogens with zero attached hydrogens (tertiary/aromatic N) is 2. The zero-order chi connectivity index (χ0) is 18.2. The van der Waals surface area contributed by atoms with E-state index in [4.69, 9.17) is 5.73 Å². The molecule has 25 heavy (non-hydrogen) atoms. The second-order valence-corrected chi connectivity index (χ2v) is 6.91. The van der Waals surface area contributed by atoms with Gasteiger partial charge in [0.05, 0.1) is 17.5 Å². The minimum absolute atomic E-state index is 0.164. The Bertz CT molecular complexity index is 730. The van der Waals surface area contributed by atoms with E-state index in [9.17, 15) is 13.2 Å². The van der Waals surface area contributed by atoms with E-state index in [1.807, 2.05) is 13.8 Å². The maximum atomic E-state index is 12.7. The molecule has 2 aromatic heterocycles. The summed E-state index contributed by atoms with van der Waals surface area (Å²) >= 11 is 0. The number of aromatic nitrogens is 3. The lowest BCUT2D eigenvalue weighted by Gasteiger charge is -2.10. The standard InChI is InChI=1S/C12H13F3N4.C5H9N/c1-6(2)11-18-5-9(19-11)7-3-8(12(13,14)15)10(16)17-4-7;1-4-2-6-3-5(1)4/h3-6H,1-2H3,(H2,16,17)(H,18,19);4-6H,1-3H2/t;4-,5?/m.1/s1. The van der Waals surface area contributed by atoms with E-state index in [1.54, 1.807) is 0 Å². The van der Waals surface area contributed by atoms with Crippen molar-refractivity contribution in [2.75, 3.05) is 18.8 Å². The molecule has 1 aliphatic heterocycles. The summed E-state index contributed by atoms with van der Waals surface area (Å²) in [5.41, 5.74) is 5.11. The van der Waals surface area contributed by atoms with Crippen LogP contribution in [0, 0.1) is 11.8 Å². The van der Waals surface area contributed by atoms with Gasteiger partial charge < -0.3 is 16.0 Å². The predicted molar refractivity (Wildman–Crippen MR) is 89.8 cm³/mol. The van der Waals surface area contributed by atoms with E-state index >= 15 is 0 Å². The minimum Gasteiger partial charge on any atom is -0.383 e. The molecule has 2 atom stereocenters. The number of alkyl halides is 3. The Hall–Kier alpha value is -2.09.